The molecule has 112 valence electrons. The molecule has 1 saturated carbocycles. The number of hydrogen-bond donors (Lipinski definition) is 1. The molecule has 2 atom stereocenters. The topological polar surface area (TPSA) is 55.4 Å². The van der Waals surface area contributed by atoms with E-state index in [4.69, 9.17) is 4.74 Å². The first-order chi connectivity index (χ1) is 10.2. The van der Waals surface area contributed by atoms with Gasteiger partial charge >= 0.3 is 0 Å². The van der Waals surface area contributed by atoms with Crippen molar-refractivity contribution in [3.8, 4) is 0 Å². The van der Waals surface area contributed by atoms with E-state index in [0.29, 0.717) is 25.4 Å². The monoisotopic (exact) mass is 287 g/mol. The van der Waals surface area contributed by atoms with Gasteiger partial charge in [0.25, 0.3) is 0 Å². The molecule has 2 fully saturated rings. The fourth-order valence-corrected chi connectivity index (χ4v) is 3.72. The van der Waals surface area contributed by atoms with Crippen molar-refractivity contribution in [3.05, 3.63) is 35.9 Å². The molecule has 21 heavy (non-hydrogen) atoms. The SMILES string of the molecule is COCC1(C2CC2)CC(=O)NC(=O)C1Cc1ccccc1. The summed E-state index contributed by atoms with van der Waals surface area (Å²) in [6, 6.07) is 10.0. The average Bonchev–Trinajstić information content (AvgIpc) is 3.29. The maximum atomic E-state index is 12.4. The zero-order valence-corrected chi connectivity index (χ0v) is 12.3. The van der Waals surface area contributed by atoms with Gasteiger partial charge in [0.15, 0.2) is 0 Å². The van der Waals surface area contributed by atoms with Gasteiger partial charge in [-0.2, -0.15) is 0 Å². The number of rotatable bonds is 5. The van der Waals surface area contributed by atoms with Crippen molar-refractivity contribution in [1.29, 1.82) is 0 Å². The van der Waals surface area contributed by atoms with E-state index in [1.807, 2.05) is 30.3 Å². The normalized spacial score (nSPS) is 29.3. The summed E-state index contributed by atoms with van der Waals surface area (Å²) in [5, 5.41) is 2.51. The lowest BCUT2D eigenvalue weighted by atomic mass is 9.65. The van der Waals surface area contributed by atoms with Gasteiger partial charge in [-0.25, -0.2) is 0 Å². The van der Waals surface area contributed by atoms with Gasteiger partial charge in [-0.3, -0.25) is 14.9 Å². The van der Waals surface area contributed by atoms with Crippen molar-refractivity contribution >= 4 is 11.8 Å². The first-order valence-electron chi connectivity index (χ1n) is 7.52. The zero-order valence-electron chi connectivity index (χ0n) is 12.3. The lowest BCUT2D eigenvalue weighted by Crippen LogP contribution is -2.55. The van der Waals surface area contributed by atoms with Crippen molar-refractivity contribution in [1.82, 2.24) is 5.32 Å². The number of benzene rings is 1. The molecule has 2 aliphatic rings. The van der Waals surface area contributed by atoms with Crippen LogP contribution in [0.25, 0.3) is 0 Å². The summed E-state index contributed by atoms with van der Waals surface area (Å²) in [5.74, 6) is -0.0569. The molecular formula is C17H21NO3. The number of carbonyl (C=O) groups is 2. The van der Waals surface area contributed by atoms with E-state index in [9.17, 15) is 9.59 Å². The van der Waals surface area contributed by atoms with Crippen molar-refractivity contribution in [2.24, 2.45) is 17.3 Å². The Hall–Kier alpha value is -1.68. The van der Waals surface area contributed by atoms with Gasteiger partial charge in [0.2, 0.25) is 11.8 Å². The number of methoxy groups -OCH3 is 1. The van der Waals surface area contributed by atoms with E-state index < -0.39 is 0 Å². The Morgan fingerprint density at radius 1 is 1.24 bits per heavy atom. The highest BCUT2D eigenvalue weighted by Gasteiger charge is 2.56. The maximum absolute atomic E-state index is 12.4. The molecule has 1 aliphatic carbocycles. The minimum Gasteiger partial charge on any atom is -0.384 e. The summed E-state index contributed by atoms with van der Waals surface area (Å²) >= 11 is 0. The van der Waals surface area contributed by atoms with E-state index >= 15 is 0 Å². The molecule has 1 aromatic rings. The average molecular weight is 287 g/mol. The molecule has 1 aromatic carbocycles. The summed E-state index contributed by atoms with van der Waals surface area (Å²) in [7, 11) is 1.65. The Labute approximate surface area is 124 Å². The van der Waals surface area contributed by atoms with Crippen LogP contribution in [0.5, 0.6) is 0 Å². The third-order valence-corrected chi connectivity index (χ3v) is 4.85. The second-order valence-corrected chi connectivity index (χ2v) is 6.27. The van der Waals surface area contributed by atoms with Crippen LogP contribution in [-0.2, 0) is 20.7 Å². The van der Waals surface area contributed by atoms with Gasteiger partial charge in [0.05, 0.1) is 12.5 Å². The lowest BCUT2D eigenvalue weighted by Gasteiger charge is -2.42. The number of amides is 2. The summed E-state index contributed by atoms with van der Waals surface area (Å²) in [6.07, 6.45) is 3.25. The molecule has 1 saturated heterocycles. The van der Waals surface area contributed by atoms with Gasteiger partial charge < -0.3 is 4.74 Å². The molecule has 0 spiro atoms. The summed E-state index contributed by atoms with van der Waals surface area (Å²) < 4.78 is 5.42. The van der Waals surface area contributed by atoms with E-state index in [0.717, 1.165) is 18.4 Å². The van der Waals surface area contributed by atoms with Crippen molar-refractivity contribution in [2.45, 2.75) is 25.7 Å². The van der Waals surface area contributed by atoms with Crippen molar-refractivity contribution in [3.63, 3.8) is 0 Å². The van der Waals surface area contributed by atoms with E-state index in [2.05, 4.69) is 5.32 Å². The molecule has 4 nitrogen and oxygen atoms in total. The van der Waals surface area contributed by atoms with Crippen LogP contribution in [0.1, 0.15) is 24.8 Å². The Morgan fingerprint density at radius 3 is 2.57 bits per heavy atom. The van der Waals surface area contributed by atoms with Gasteiger partial charge in [-0.15, -0.1) is 0 Å². The van der Waals surface area contributed by atoms with E-state index in [1.54, 1.807) is 7.11 Å². The Morgan fingerprint density at radius 2 is 1.95 bits per heavy atom. The third kappa shape index (κ3) is 2.72. The summed E-state index contributed by atoms with van der Waals surface area (Å²) in [4.78, 5) is 24.4. The molecule has 0 aromatic heterocycles. The Bertz CT molecular complexity index is 538. The fraction of sp³-hybridized carbons (Fsp3) is 0.529. The highest BCUT2D eigenvalue weighted by molar-refractivity contribution is 6.00. The molecular weight excluding hydrogens is 266 g/mol. The standard InChI is InChI=1S/C17H21NO3/c1-21-11-17(13-7-8-13)10-15(19)18-16(20)14(17)9-12-5-3-2-4-6-12/h2-6,13-14H,7-11H2,1H3,(H,18,19,20). The van der Waals surface area contributed by atoms with E-state index in [-0.39, 0.29) is 23.1 Å². The Balaban J connectivity index is 1.92. The molecule has 1 heterocycles. The number of carbonyl (C=O) groups excluding carboxylic acids is 2. The van der Waals surface area contributed by atoms with Gasteiger partial charge in [0.1, 0.15) is 0 Å². The minimum atomic E-state index is -0.329. The molecule has 4 heteroatoms. The molecule has 2 amide bonds. The molecule has 3 rings (SSSR count). The zero-order chi connectivity index (χ0) is 14.9. The number of imide groups is 1. The van der Waals surface area contributed by atoms with Crippen LogP contribution < -0.4 is 5.32 Å². The van der Waals surface area contributed by atoms with Crippen LogP contribution in [0.15, 0.2) is 30.3 Å². The Kier molecular flexibility index (Phi) is 3.81. The van der Waals surface area contributed by atoms with Crippen molar-refractivity contribution in [2.75, 3.05) is 13.7 Å². The van der Waals surface area contributed by atoms with Gasteiger partial charge in [-0.1, -0.05) is 30.3 Å². The smallest absolute Gasteiger partial charge is 0.230 e. The molecule has 0 radical (unpaired) electrons. The predicted molar refractivity (Wildman–Crippen MR) is 78.4 cm³/mol. The van der Waals surface area contributed by atoms with Crippen LogP contribution in [0.3, 0.4) is 0 Å². The maximum Gasteiger partial charge on any atom is 0.230 e. The third-order valence-electron chi connectivity index (χ3n) is 4.85. The number of hydrogen-bond acceptors (Lipinski definition) is 3. The first kappa shape index (κ1) is 14.3. The number of nitrogens with one attached hydrogen (secondary N) is 1. The summed E-state index contributed by atoms with van der Waals surface area (Å²) in [6.45, 7) is 0.480. The van der Waals surface area contributed by atoms with Crippen LogP contribution in [0.2, 0.25) is 0 Å². The van der Waals surface area contributed by atoms with Crippen LogP contribution >= 0.6 is 0 Å². The van der Waals surface area contributed by atoms with Crippen LogP contribution in [0.4, 0.5) is 0 Å². The minimum absolute atomic E-state index is 0.140. The molecule has 2 unspecified atom stereocenters. The second kappa shape index (κ2) is 5.60. The lowest BCUT2D eigenvalue weighted by molar-refractivity contribution is -0.148. The largest absolute Gasteiger partial charge is 0.384 e. The number of ether oxygens (including phenoxy) is 1. The summed E-state index contributed by atoms with van der Waals surface area (Å²) in [5.41, 5.74) is 0.803. The fourth-order valence-electron chi connectivity index (χ4n) is 3.72. The van der Waals surface area contributed by atoms with Gasteiger partial charge in [-0.05, 0) is 30.7 Å². The second-order valence-electron chi connectivity index (χ2n) is 6.27. The van der Waals surface area contributed by atoms with Crippen LogP contribution in [-0.4, -0.2) is 25.5 Å². The van der Waals surface area contributed by atoms with E-state index in [1.165, 1.54) is 0 Å². The molecule has 1 N–H and O–H groups in total. The molecule has 0 bridgehead atoms. The van der Waals surface area contributed by atoms with Gasteiger partial charge in [0, 0.05) is 18.9 Å². The van der Waals surface area contributed by atoms with Crippen molar-refractivity contribution < 1.29 is 14.3 Å². The first-order valence-corrected chi connectivity index (χ1v) is 7.52. The predicted octanol–water partition coefficient (Wildman–Crippen LogP) is 1.93. The quantitative estimate of drug-likeness (QED) is 0.842. The highest BCUT2D eigenvalue weighted by atomic mass is 16.5. The highest BCUT2D eigenvalue weighted by Crippen LogP contribution is 2.54. The van der Waals surface area contributed by atoms with Crippen LogP contribution in [0, 0.1) is 17.3 Å². The molecule has 1 aliphatic heterocycles. The number of piperidine rings is 1.